The van der Waals surface area contributed by atoms with Crippen LogP contribution in [0.25, 0.3) is 0 Å². The van der Waals surface area contributed by atoms with Gasteiger partial charge in [0.25, 0.3) is 0 Å². The van der Waals surface area contributed by atoms with E-state index in [4.69, 9.17) is 0 Å². The predicted octanol–water partition coefficient (Wildman–Crippen LogP) is -0.0110. The first-order chi connectivity index (χ1) is 7.22. The van der Waals surface area contributed by atoms with E-state index in [0.717, 1.165) is 31.6 Å². The molecular weight excluding hydrogens is 192 g/mol. The summed E-state index contributed by atoms with van der Waals surface area (Å²) in [6, 6.07) is 0.277. The summed E-state index contributed by atoms with van der Waals surface area (Å²) >= 11 is 0. The molecule has 1 aliphatic heterocycles. The Labute approximate surface area is 89.1 Å². The smallest absolute Gasteiger partial charge is 0.315 e. The van der Waals surface area contributed by atoms with Gasteiger partial charge >= 0.3 is 5.69 Å². The first-order valence-electron chi connectivity index (χ1n) is 5.56. The van der Waals surface area contributed by atoms with E-state index in [9.17, 15) is 4.79 Å². The van der Waals surface area contributed by atoms with E-state index in [0.29, 0.717) is 6.54 Å². The van der Waals surface area contributed by atoms with Crippen molar-refractivity contribution in [3.63, 3.8) is 0 Å². The molecule has 0 saturated heterocycles. The topological polar surface area (TPSA) is 51.9 Å². The van der Waals surface area contributed by atoms with Crippen LogP contribution in [0.15, 0.2) is 4.79 Å². The van der Waals surface area contributed by atoms with Crippen LogP contribution in [-0.4, -0.2) is 27.4 Å². The van der Waals surface area contributed by atoms with Crippen LogP contribution < -0.4 is 11.0 Å². The molecule has 2 heterocycles. The van der Waals surface area contributed by atoms with Crippen LogP contribution in [-0.2, 0) is 19.5 Å². The molecule has 1 unspecified atom stereocenters. The van der Waals surface area contributed by atoms with Crippen LogP contribution in [0.3, 0.4) is 0 Å². The van der Waals surface area contributed by atoms with Crippen molar-refractivity contribution in [2.45, 2.75) is 45.3 Å². The van der Waals surface area contributed by atoms with Gasteiger partial charge in [-0.1, -0.05) is 0 Å². The molecule has 0 saturated carbocycles. The summed E-state index contributed by atoms with van der Waals surface area (Å²) in [5.41, 5.74) is 0.0480. The molecule has 1 aromatic heterocycles. The Morgan fingerprint density at radius 2 is 2.33 bits per heavy atom. The lowest BCUT2D eigenvalue weighted by atomic mass is 10.2. The molecule has 0 spiro atoms. The third kappa shape index (κ3) is 1.97. The van der Waals surface area contributed by atoms with Gasteiger partial charge in [-0.05, 0) is 26.8 Å². The van der Waals surface area contributed by atoms with Crippen molar-refractivity contribution in [2.24, 2.45) is 0 Å². The van der Waals surface area contributed by atoms with E-state index in [1.165, 1.54) is 0 Å². The number of fused-ring (bicyclic) bond motifs is 1. The van der Waals surface area contributed by atoms with Crippen molar-refractivity contribution in [1.82, 2.24) is 19.7 Å². The molecule has 84 valence electrons. The lowest BCUT2D eigenvalue weighted by Crippen LogP contribution is -2.34. The third-order valence-electron chi connectivity index (χ3n) is 2.97. The standard InChI is InChI=1S/C10H18N4O/c1-8(11-2)7-14-10(15)13-6-4-3-5-9(13)12-14/h8,11H,3-7H2,1-2H3. The van der Waals surface area contributed by atoms with Crippen LogP contribution in [0.5, 0.6) is 0 Å². The normalized spacial score (nSPS) is 17.5. The summed E-state index contributed by atoms with van der Waals surface area (Å²) in [5.74, 6) is 0.953. The fourth-order valence-corrected chi connectivity index (χ4v) is 1.92. The quantitative estimate of drug-likeness (QED) is 0.763. The van der Waals surface area contributed by atoms with E-state index >= 15 is 0 Å². The minimum absolute atomic E-state index is 0.0480. The third-order valence-corrected chi connectivity index (χ3v) is 2.97. The van der Waals surface area contributed by atoms with Gasteiger partial charge in [-0.3, -0.25) is 4.57 Å². The number of aromatic nitrogens is 3. The number of rotatable bonds is 3. The molecule has 0 fully saturated rings. The van der Waals surface area contributed by atoms with Crippen LogP contribution in [0.2, 0.25) is 0 Å². The van der Waals surface area contributed by atoms with Crippen LogP contribution >= 0.6 is 0 Å². The Hall–Kier alpha value is -1.10. The SMILES string of the molecule is CNC(C)Cn1nc2n(c1=O)CCCC2. The van der Waals surface area contributed by atoms with Crippen LogP contribution in [0, 0.1) is 0 Å². The summed E-state index contributed by atoms with van der Waals surface area (Å²) in [7, 11) is 1.89. The fraction of sp³-hybridized carbons (Fsp3) is 0.800. The van der Waals surface area contributed by atoms with E-state index in [1.54, 1.807) is 4.68 Å². The van der Waals surface area contributed by atoms with Gasteiger partial charge in [0.05, 0.1) is 6.54 Å². The summed E-state index contributed by atoms with van der Waals surface area (Å²) in [6.07, 6.45) is 3.19. The first kappa shape index (κ1) is 10.4. The maximum atomic E-state index is 11.9. The van der Waals surface area contributed by atoms with Gasteiger partial charge in [-0.25, -0.2) is 9.48 Å². The Morgan fingerprint density at radius 3 is 3.00 bits per heavy atom. The molecule has 0 radical (unpaired) electrons. The number of aryl methyl sites for hydroxylation is 1. The summed E-state index contributed by atoms with van der Waals surface area (Å²) < 4.78 is 3.40. The van der Waals surface area contributed by atoms with Crippen molar-refractivity contribution in [3.8, 4) is 0 Å². The van der Waals surface area contributed by atoms with E-state index in [1.807, 2.05) is 18.5 Å². The Balaban J connectivity index is 2.25. The van der Waals surface area contributed by atoms with Gasteiger partial charge in [0.1, 0.15) is 5.82 Å². The Bertz CT molecular complexity index is 393. The molecule has 1 N–H and O–H groups in total. The lowest BCUT2D eigenvalue weighted by Gasteiger charge is -2.09. The molecule has 5 nitrogen and oxygen atoms in total. The van der Waals surface area contributed by atoms with Gasteiger partial charge in [-0.15, -0.1) is 0 Å². The van der Waals surface area contributed by atoms with E-state index < -0.39 is 0 Å². The highest BCUT2D eigenvalue weighted by Crippen LogP contribution is 2.09. The van der Waals surface area contributed by atoms with Gasteiger partial charge in [-0.2, -0.15) is 5.10 Å². The summed E-state index contributed by atoms with van der Waals surface area (Å²) in [5, 5.41) is 7.48. The Morgan fingerprint density at radius 1 is 1.53 bits per heavy atom. The number of hydrogen-bond donors (Lipinski definition) is 1. The zero-order valence-electron chi connectivity index (χ0n) is 9.36. The summed E-state index contributed by atoms with van der Waals surface area (Å²) in [4.78, 5) is 11.9. The molecular formula is C10H18N4O. The molecule has 2 rings (SSSR count). The van der Waals surface area contributed by atoms with Crippen molar-refractivity contribution in [2.75, 3.05) is 7.05 Å². The number of nitrogens with one attached hydrogen (secondary N) is 1. The maximum absolute atomic E-state index is 11.9. The molecule has 0 bridgehead atoms. The molecule has 0 aliphatic carbocycles. The average Bonchev–Trinajstić information content (AvgIpc) is 2.57. The molecule has 1 aromatic rings. The van der Waals surface area contributed by atoms with Crippen molar-refractivity contribution in [1.29, 1.82) is 0 Å². The zero-order valence-corrected chi connectivity index (χ0v) is 9.36. The van der Waals surface area contributed by atoms with Crippen molar-refractivity contribution >= 4 is 0 Å². The average molecular weight is 210 g/mol. The second-order valence-electron chi connectivity index (χ2n) is 4.18. The minimum Gasteiger partial charge on any atom is -0.315 e. The van der Waals surface area contributed by atoms with Gasteiger partial charge in [0.2, 0.25) is 0 Å². The maximum Gasteiger partial charge on any atom is 0.345 e. The zero-order chi connectivity index (χ0) is 10.8. The van der Waals surface area contributed by atoms with Gasteiger partial charge in [0.15, 0.2) is 0 Å². The molecule has 5 heteroatoms. The molecule has 15 heavy (non-hydrogen) atoms. The second kappa shape index (κ2) is 4.18. The molecule has 1 atom stereocenters. The first-order valence-corrected chi connectivity index (χ1v) is 5.56. The van der Waals surface area contributed by atoms with Crippen LogP contribution in [0.4, 0.5) is 0 Å². The molecule has 0 aromatic carbocycles. The molecule has 0 amide bonds. The van der Waals surface area contributed by atoms with Gasteiger partial charge < -0.3 is 5.32 Å². The van der Waals surface area contributed by atoms with E-state index in [-0.39, 0.29) is 11.7 Å². The number of nitrogens with zero attached hydrogens (tertiary/aromatic N) is 3. The van der Waals surface area contributed by atoms with E-state index in [2.05, 4.69) is 10.4 Å². The number of likely N-dealkylation sites (N-methyl/N-ethyl adjacent to an activating group) is 1. The minimum atomic E-state index is 0.0480. The monoisotopic (exact) mass is 210 g/mol. The Kier molecular flexibility index (Phi) is 2.90. The summed E-state index contributed by atoms with van der Waals surface area (Å²) in [6.45, 7) is 3.53. The second-order valence-corrected chi connectivity index (χ2v) is 4.18. The highest BCUT2D eigenvalue weighted by molar-refractivity contribution is 4.91. The highest BCUT2D eigenvalue weighted by Gasteiger charge is 2.17. The fourth-order valence-electron chi connectivity index (χ4n) is 1.92. The van der Waals surface area contributed by atoms with Crippen LogP contribution in [0.1, 0.15) is 25.6 Å². The predicted molar refractivity (Wildman–Crippen MR) is 57.9 cm³/mol. The van der Waals surface area contributed by atoms with Crippen molar-refractivity contribution < 1.29 is 0 Å². The largest absolute Gasteiger partial charge is 0.345 e. The van der Waals surface area contributed by atoms with Gasteiger partial charge in [0, 0.05) is 19.0 Å². The van der Waals surface area contributed by atoms with Crippen molar-refractivity contribution in [3.05, 3.63) is 16.3 Å². The lowest BCUT2D eigenvalue weighted by molar-refractivity contribution is 0.465. The number of hydrogen-bond acceptors (Lipinski definition) is 3. The highest BCUT2D eigenvalue weighted by atomic mass is 16.2. The molecule has 1 aliphatic rings.